The predicted octanol–water partition coefficient (Wildman–Crippen LogP) is 5.16. The Kier molecular flexibility index (Phi) is 7.74. The van der Waals surface area contributed by atoms with Crippen LogP contribution in [0.15, 0.2) is 97.0 Å². The molecule has 0 spiro atoms. The number of azo groups is 2. The lowest BCUT2D eigenvalue weighted by Crippen LogP contribution is -2.09. The topological polar surface area (TPSA) is 210 Å². The van der Waals surface area contributed by atoms with Crippen molar-refractivity contribution in [3.8, 4) is 0 Å². The van der Waals surface area contributed by atoms with Crippen molar-refractivity contribution in [2.45, 2.75) is 16.7 Å². The van der Waals surface area contributed by atoms with Crippen LogP contribution in [-0.4, -0.2) is 38.9 Å². The Labute approximate surface area is 224 Å². The lowest BCUT2D eigenvalue weighted by Gasteiger charge is -2.10. The first-order chi connectivity index (χ1) is 18.4. The molecule has 4 rings (SSSR count). The fourth-order valence-corrected chi connectivity index (χ4v) is 5.36. The second kappa shape index (κ2) is 10.9. The van der Waals surface area contributed by atoms with Crippen LogP contribution < -0.4 is 11.5 Å². The van der Waals surface area contributed by atoms with Crippen molar-refractivity contribution in [3.05, 3.63) is 72.3 Å². The van der Waals surface area contributed by atoms with E-state index in [1.807, 2.05) is 19.1 Å². The summed E-state index contributed by atoms with van der Waals surface area (Å²) in [6.07, 6.45) is 0. The maximum absolute atomic E-state index is 12.2. The molecule has 14 heteroatoms. The molecule has 0 heterocycles. The molecule has 4 aromatic rings. The van der Waals surface area contributed by atoms with Crippen molar-refractivity contribution in [3.63, 3.8) is 0 Å². The van der Waals surface area contributed by atoms with Gasteiger partial charge in [0.05, 0.1) is 40.0 Å². The van der Waals surface area contributed by atoms with E-state index in [0.29, 0.717) is 22.1 Å². The number of nitrogen functional groups attached to an aromatic ring is 2. The third-order valence-electron chi connectivity index (χ3n) is 5.76. The highest BCUT2D eigenvalue weighted by atomic mass is 32.2. The highest BCUT2D eigenvalue weighted by Gasteiger charge is 2.22. The maximum Gasteiger partial charge on any atom is 0.296 e. The number of hydrogen-bond donors (Lipinski definition) is 4. The fourth-order valence-electron chi connectivity index (χ4n) is 3.66. The standard InChI is InChI=1S/C25H24N6O6S2/c1-15-4-2-3-5-20(15)29-31-25-23(26)21(14-22(24(25)27)39(35,36)37)30-28-18-8-6-17-13-19(9-7-16(17)12-18)38(33,34)11-10-32/h2-9,12-14,32H,10-11,26-27H2,1H3,(H,35,36,37). The number of benzene rings is 4. The Morgan fingerprint density at radius 1 is 0.769 bits per heavy atom. The largest absolute Gasteiger partial charge is 0.396 e. The Hall–Kier alpha value is -4.24. The van der Waals surface area contributed by atoms with Crippen LogP contribution in [0.1, 0.15) is 5.56 Å². The number of aliphatic hydroxyl groups excluding tert-OH is 1. The van der Waals surface area contributed by atoms with Crippen molar-refractivity contribution >= 4 is 64.9 Å². The normalized spacial score (nSPS) is 12.6. The van der Waals surface area contributed by atoms with Gasteiger partial charge >= 0.3 is 0 Å². The minimum absolute atomic E-state index is 0.0817. The Morgan fingerprint density at radius 3 is 2.13 bits per heavy atom. The van der Waals surface area contributed by atoms with Gasteiger partial charge in [-0.15, -0.1) is 10.2 Å². The number of fused-ring (bicyclic) bond motifs is 1. The van der Waals surface area contributed by atoms with Crippen LogP contribution in [0.5, 0.6) is 0 Å². The molecule has 0 radical (unpaired) electrons. The second-order valence-corrected chi connectivity index (χ2v) is 12.0. The van der Waals surface area contributed by atoms with Crippen molar-refractivity contribution in [2.75, 3.05) is 23.8 Å². The molecule has 202 valence electrons. The molecule has 4 aromatic carbocycles. The molecule has 0 saturated heterocycles. The van der Waals surface area contributed by atoms with E-state index in [9.17, 15) is 21.4 Å². The van der Waals surface area contributed by atoms with E-state index in [-0.39, 0.29) is 27.7 Å². The molecule has 6 N–H and O–H groups in total. The lowest BCUT2D eigenvalue weighted by atomic mass is 10.1. The van der Waals surface area contributed by atoms with E-state index in [1.165, 1.54) is 12.1 Å². The number of rotatable bonds is 8. The molecule has 0 fully saturated rings. The van der Waals surface area contributed by atoms with E-state index < -0.39 is 37.1 Å². The van der Waals surface area contributed by atoms with E-state index in [1.54, 1.807) is 36.4 Å². The zero-order chi connectivity index (χ0) is 28.4. The SMILES string of the molecule is Cc1ccccc1N=Nc1c(N)c(N=Nc2ccc3cc(S(=O)(=O)CCO)ccc3c2)cc(S(=O)(=O)O)c1N. The molecule has 0 unspecified atom stereocenters. The molecule has 0 amide bonds. The van der Waals surface area contributed by atoms with E-state index in [4.69, 9.17) is 16.6 Å². The number of nitrogens with two attached hydrogens (primary N) is 2. The van der Waals surface area contributed by atoms with E-state index >= 15 is 0 Å². The van der Waals surface area contributed by atoms with Crippen LogP contribution >= 0.6 is 0 Å². The van der Waals surface area contributed by atoms with Gasteiger partial charge < -0.3 is 16.6 Å². The molecule has 0 aliphatic heterocycles. The summed E-state index contributed by atoms with van der Waals surface area (Å²) in [5.74, 6) is -0.383. The molecule has 0 atom stereocenters. The number of aliphatic hydroxyl groups is 1. The van der Waals surface area contributed by atoms with Gasteiger partial charge in [0.1, 0.15) is 16.3 Å². The van der Waals surface area contributed by atoms with Crippen LogP contribution in [0.3, 0.4) is 0 Å². The molecule has 0 saturated carbocycles. The number of sulfone groups is 1. The summed E-state index contributed by atoms with van der Waals surface area (Å²) in [7, 11) is -8.38. The monoisotopic (exact) mass is 568 g/mol. The van der Waals surface area contributed by atoms with Gasteiger partial charge in [-0.2, -0.15) is 18.6 Å². The van der Waals surface area contributed by atoms with Gasteiger partial charge in [0, 0.05) is 0 Å². The maximum atomic E-state index is 12.2. The average Bonchev–Trinajstić information content (AvgIpc) is 2.88. The molecule has 0 aromatic heterocycles. The van der Waals surface area contributed by atoms with Crippen molar-refractivity contribution in [1.29, 1.82) is 0 Å². The number of anilines is 2. The summed E-state index contributed by atoms with van der Waals surface area (Å²) >= 11 is 0. The van der Waals surface area contributed by atoms with E-state index in [2.05, 4.69) is 20.5 Å². The van der Waals surface area contributed by atoms with Gasteiger partial charge in [-0.05, 0) is 59.7 Å². The van der Waals surface area contributed by atoms with Crippen LogP contribution in [0.4, 0.5) is 34.1 Å². The van der Waals surface area contributed by atoms with Gasteiger partial charge in [0.15, 0.2) is 9.84 Å². The summed E-state index contributed by atoms with van der Waals surface area (Å²) in [5.41, 5.74) is 13.0. The third kappa shape index (κ3) is 6.09. The van der Waals surface area contributed by atoms with Crippen molar-refractivity contribution in [1.82, 2.24) is 0 Å². The lowest BCUT2D eigenvalue weighted by molar-refractivity contribution is 0.319. The molecule has 0 aliphatic rings. The first kappa shape index (κ1) is 27.8. The Bertz CT molecular complexity index is 1850. The molecular formula is C25H24N6O6S2. The molecule has 39 heavy (non-hydrogen) atoms. The first-order valence-electron chi connectivity index (χ1n) is 11.4. The van der Waals surface area contributed by atoms with Gasteiger partial charge in [0.2, 0.25) is 0 Å². The number of nitrogens with zero attached hydrogens (tertiary/aromatic N) is 4. The summed E-state index contributed by atoms with van der Waals surface area (Å²) in [6, 6.07) is 17.4. The van der Waals surface area contributed by atoms with Crippen molar-refractivity contribution in [2.24, 2.45) is 20.5 Å². The van der Waals surface area contributed by atoms with Crippen molar-refractivity contribution < 1.29 is 26.5 Å². The Morgan fingerprint density at radius 2 is 1.44 bits per heavy atom. The minimum Gasteiger partial charge on any atom is -0.396 e. The zero-order valence-corrected chi connectivity index (χ0v) is 22.2. The molecule has 0 aliphatic carbocycles. The summed E-state index contributed by atoms with van der Waals surface area (Å²) < 4.78 is 58.2. The average molecular weight is 569 g/mol. The summed E-state index contributed by atoms with van der Waals surface area (Å²) in [5, 5.41) is 26.6. The smallest absolute Gasteiger partial charge is 0.296 e. The highest BCUT2D eigenvalue weighted by Crippen LogP contribution is 2.43. The first-order valence-corrected chi connectivity index (χ1v) is 14.5. The zero-order valence-electron chi connectivity index (χ0n) is 20.6. The van der Waals surface area contributed by atoms with Crippen LogP contribution in [0.25, 0.3) is 10.8 Å². The van der Waals surface area contributed by atoms with Gasteiger partial charge in [0.25, 0.3) is 10.1 Å². The summed E-state index contributed by atoms with van der Waals surface area (Å²) in [6.45, 7) is 1.33. The van der Waals surface area contributed by atoms with Gasteiger partial charge in [-0.3, -0.25) is 4.55 Å². The van der Waals surface area contributed by atoms with Crippen LogP contribution in [0.2, 0.25) is 0 Å². The van der Waals surface area contributed by atoms with Gasteiger partial charge in [-0.1, -0.05) is 30.3 Å². The highest BCUT2D eigenvalue weighted by molar-refractivity contribution is 7.91. The minimum atomic E-state index is -4.77. The number of hydrogen-bond acceptors (Lipinski definition) is 11. The molecule has 0 bridgehead atoms. The molecule has 12 nitrogen and oxygen atoms in total. The van der Waals surface area contributed by atoms with Crippen LogP contribution in [-0.2, 0) is 20.0 Å². The predicted molar refractivity (Wildman–Crippen MR) is 148 cm³/mol. The Balaban J connectivity index is 1.75. The quantitative estimate of drug-likeness (QED) is 0.126. The number of aryl methyl sites for hydroxylation is 1. The van der Waals surface area contributed by atoms with Crippen LogP contribution in [0, 0.1) is 6.92 Å². The summed E-state index contributed by atoms with van der Waals surface area (Å²) in [4.78, 5) is -0.572. The second-order valence-electron chi connectivity index (χ2n) is 8.47. The third-order valence-corrected chi connectivity index (χ3v) is 8.34. The van der Waals surface area contributed by atoms with Gasteiger partial charge in [-0.25, -0.2) is 8.42 Å². The van der Waals surface area contributed by atoms with E-state index in [0.717, 1.165) is 11.6 Å². The molecular weight excluding hydrogens is 544 g/mol. The fraction of sp³-hybridized carbons (Fsp3) is 0.120.